The van der Waals surface area contributed by atoms with Gasteiger partial charge in [0.15, 0.2) is 0 Å². The first-order chi connectivity index (χ1) is 8.79. The number of nitrogens with one attached hydrogen (secondary N) is 1. The molecule has 3 N–H and O–H groups in total. The quantitative estimate of drug-likeness (QED) is 0.806. The van der Waals surface area contributed by atoms with E-state index in [2.05, 4.69) is 5.32 Å². The highest BCUT2D eigenvalue weighted by molar-refractivity contribution is 5.79. The fourth-order valence-electron chi connectivity index (χ4n) is 2.15. The molecule has 0 aromatic heterocycles. The van der Waals surface area contributed by atoms with Crippen LogP contribution in [0.1, 0.15) is 12.0 Å². The van der Waals surface area contributed by atoms with E-state index in [1.807, 2.05) is 30.3 Å². The zero-order valence-electron chi connectivity index (χ0n) is 10.5. The van der Waals surface area contributed by atoms with Crippen molar-refractivity contribution in [1.82, 2.24) is 5.32 Å². The van der Waals surface area contributed by atoms with Crippen LogP contribution in [-0.4, -0.2) is 31.7 Å². The van der Waals surface area contributed by atoms with Crippen molar-refractivity contribution in [1.29, 1.82) is 0 Å². The van der Waals surface area contributed by atoms with Gasteiger partial charge in [-0.2, -0.15) is 0 Å². The van der Waals surface area contributed by atoms with Gasteiger partial charge in [0.2, 0.25) is 5.91 Å². The highest BCUT2D eigenvalue weighted by Crippen LogP contribution is 2.10. The lowest BCUT2D eigenvalue weighted by Gasteiger charge is -2.17. The summed E-state index contributed by atoms with van der Waals surface area (Å²) in [6.07, 6.45) is 1.59. The fourth-order valence-corrected chi connectivity index (χ4v) is 2.15. The molecule has 0 aliphatic carbocycles. The average Bonchev–Trinajstić information content (AvgIpc) is 2.90. The molecule has 1 heterocycles. The van der Waals surface area contributed by atoms with Crippen molar-refractivity contribution < 1.29 is 9.53 Å². The van der Waals surface area contributed by atoms with Crippen LogP contribution in [0.4, 0.5) is 0 Å². The highest BCUT2D eigenvalue weighted by Gasteiger charge is 2.23. The summed E-state index contributed by atoms with van der Waals surface area (Å²) in [6.45, 7) is 1.72. The smallest absolute Gasteiger partial charge is 0.225 e. The average molecular weight is 248 g/mol. The number of hydrogen-bond donors (Lipinski definition) is 2. The molecule has 0 bridgehead atoms. The zero-order chi connectivity index (χ0) is 12.8. The van der Waals surface area contributed by atoms with E-state index in [4.69, 9.17) is 10.5 Å². The molecule has 0 radical (unpaired) electrons. The van der Waals surface area contributed by atoms with Gasteiger partial charge in [0.05, 0.1) is 18.6 Å². The van der Waals surface area contributed by atoms with Crippen LogP contribution in [0.3, 0.4) is 0 Å². The molecule has 98 valence electrons. The van der Waals surface area contributed by atoms with Crippen LogP contribution in [0.5, 0.6) is 0 Å². The maximum absolute atomic E-state index is 12.1. The third-order valence-corrected chi connectivity index (χ3v) is 3.26. The van der Waals surface area contributed by atoms with Crippen molar-refractivity contribution in [3.8, 4) is 0 Å². The standard InChI is InChI=1S/C14H20N2O2/c15-9-12(8-11-4-2-1-3-5-11)14(17)16-13-6-7-18-10-13/h1-5,12-13H,6-10,15H2,(H,16,17). The lowest BCUT2D eigenvalue weighted by molar-refractivity contribution is -0.125. The van der Waals surface area contributed by atoms with Crippen LogP contribution in [0.25, 0.3) is 0 Å². The molecule has 1 aromatic rings. The van der Waals surface area contributed by atoms with E-state index >= 15 is 0 Å². The molecule has 2 unspecified atom stereocenters. The highest BCUT2D eigenvalue weighted by atomic mass is 16.5. The monoisotopic (exact) mass is 248 g/mol. The predicted molar refractivity (Wildman–Crippen MR) is 70.1 cm³/mol. The maximum atomic E-state index is 12.1. The fraction of sp³-hybridized carbons (Fsp3) is 0.500. The van der Waals surface area contributed by atoms with Crippen LogP contribution in [0, 0.1) is 5.92 Å². The van der Waals surface area contributed by atoms with Crippen LogP contribution in [0.15, 0.2) is 30.3 Å². The number of rotatable bonds is 5. The van der Waals surface area contributed by atoms with Crippen LogP contribution < -0.4 is 11.1 Å². The minimum atomic E-state index is -0.159. The summed E-state index contributed by atoms with van der Waals surface area (Å²) < 4.78 is 5.24. The minimum absolute atomic E-state index is 0.0388. The van der Waals surface area contributed by atoms with Gasteiger partial charge in [-0.1, -0.05) is 30.3 Å². The Hall–Kier alpha value is -1.39. The third kappa shape index (κ3) is 3.55. The second-order valence-corrected chi connectivity index (χ2v) is 4.69. The van der Waals surface area contributed by atoms with Crippen LogP contribution in [0.2, 0.25) is 0 Å². The number of ether oxygens (including phenoxy) is 1. The number of nitrogens with two attached hydrogens (primary N) is 1. The number of hydrogen-bond acceptors (Lipinski definition) is 3. The van der Waals surface area contributed by atoms with Gasteiger partial charge in [0.25, 0.3) is 0 Å². The topological polar surface area (TPSA) is 64.4 Å². The van der Waals surface area contributed by atoms with Crippen molar-refractivity contribution in [3.63, 3.8) is 0 Å². The van der Waals surface area contributed by atoms with E-state index in [9.17, 15) is 4.79 Å². The van der Waals surface area contributed by atoms with Gasteiger partial charge < -0.3 is 15.8 Å². The molecule has 2 atom stereocenters. The van der Waals surface area contributed by atoms with Gasteiger partial charge >= 0.3 is 0 Å². The molecule has 1 amide bonds. The van der Waals surface area contributed by atoms with Crippen molar-refractivity contribution in [2.75, 3.05) is 19.8 Å². The number of carbonyl (C=O) groups is 1. The molecule has 4 heteroatoms. The molecule has 18 heavy (non-hydrogen) atoms. The van der Waals surface area contributed by atoms with Gasteiger partial charge in [-0.25, -0.2) is 0 Å². The molecular weight excluding hydrogens is 228 g/mol. The number of benzene rings is 1. The summed E-state index contributed by atoms with van der Waals surface area (Å²) in [5, 5.41) is 3.01. The normalized spacial score (nSPS) is 20.6. The zero-order valence-corrected chi connectivity index (χ0v) is 10.5. The van der Waals surface area contributed by atoms with Gasteiger partial charge in [0, 0.05) is 13.2 Å². The third-order valence-electron chi connectivity index (χ3n) is 3.26. The molecule has 1 aliphatic heterocycles. The van der Waals surface area contributed by atoms with E-state index in [1.165, 1.54) is 0 Å². The lowest BCUT2D eigenvalue weighted by atomic mass is 9.98. The summed E-state index contributed by atoms with van der Waals surface area (Å²) in [6, 6.07) is 10.1. The Kier molecular flexibility index (Phi) is 4.73. The second kappa shape index (κ2) is 6.52. The van der Waals surface area contributed by atoms with Crippen LogP contribution in [-0.2, 0) is 16.0 Å². The van der Waals surface area contributed by atoms with Gasteiger partial charge in [-0.15, -0.1) is 0 Å². The molecule has 0 saturated carbocycles. The lowest BCUT2D eigenvalue weighted by Crippen LogP contribution is -2.42. The molecule has 0 spiro atoms. The van der Waals surface area contributed by atoms with Gasteiger partial charge in [-0.3, -0.25) is 4.79 Å². The summed E-state index contributed by atoms with van der Waals surface area (Å²) in [4.78, 5) is 12.1. The minimum Gasteiger partial charge on any atom is -0.379 e. The first kappa shape index (κ1) is 13.1. The molecule has 2 rings (SSSR count). The van der Waals surface area contributed by atoms with E-state index in [-0.39, 0.29) is 17.9 Å². The first-order valence-electron chi connectivity index (χ1n) is 6.41. The van der Waals surface area contributed by atoms with Crippen molar-refractivity contribution >= 4 is 5.91 Å². The molecule has 1 saturated heterocycles. The maximum Gasteiger partial charge on any atom is 0.225 e. The Labute approximate surface area is 108 Å². The predicted octanol–water partition coefficient (Wildman–Crippen LogP) is 0.709. The first-order valence-corrected chi connectivity index (χ1v) is 6.41. The second-order valence-electron chi connectivity index (χ2n) is 4.69. The van der Waals surface area contributed by atoms with Crippen molar-refractivity contribution in [2.45, 2.75) is 18.9 Å². The number of carbonyl (C=O) groups excluding carboxylic acids is 1. The summed E-state index contributed by atoms with van der Waals surface area (Å²) >= 11 is 0. The van der Waals surface area contributed by atoms with Crippen molar-refractivity contribution in [2.24, 2.45) is 11.7 Å². The largest absolute Gasteiger partial charge is 0.379 e. The summed E-state index contributed by atoms with van der Waals surface area (Å²) in [5.74, 6) is -0.121. The number of amides is 1. The molecular formula is C14H20N2O2. The molecule has 4 nitrogen and oxygen atoms in total. The van der Waals surface area contributed by atoms with E-state index < -0.39 is 0 Å². The van der Waals surface area contributed by atoms with E-state index in [0.29, 0.717) is 19.6 Å². The Morgan fingerprint density at radius 2 is 2.22 bits per heavy atom. The Bertz CT molecular complexity index is 375. The van der Waals surface area contributed by atoms with Gasteiger partial charge in [0.1, 0.15) is 0 Å². The Morgan fingerprint density at radius 3 is 2.83 bits per heavy atom. The van der Waals surface area contributed by atoms with E-state index in [0.717, 1.165) is 18.6 Å². The molecule has 1 aliphatic rings. The molecule has 1 aromatic carbocycles. The van der Waals surface area contributed by atoms with Crippen molar-refractivity contribution in [3.05, 3.63) is 35.9 Å². The summed E-state index contributed by atoms with van der Waals surface area (Å²) in [5.41, 5.74) is 6.85. The SMILES string of the molecule is NCC(Cc1ccccc1)C(=O)NC1CCOC1. The molecule has 1 fully saturated rings. The van der Waals surface area contributed by atoms with Gasteiger partial charge in [-0.05, 0) is 18.4 Å². The Morgan fingerprint density at radius 1 is 1.44 bits per heavy atom. The van der Waals surface area contributed by atoms with E-state index in [1.54, 1.807) is 0 Å². The van der Waals surface area contributed by atoms with Crippen LogP contribution >= 0.6 is 0 Å². The summed E-state index contributed by atoms with van der Waals surface area (Å²) in [7, 11) is 0. The Balaban J connectivity index is 1.89.